The van der Waals surface area contributed by atoms with Crippen LogP contribution in [0.3, 0.4) is 0 Å². The Labute approximate surface area is 144 Å². The molecule has 0 atom stereocenters. The molecule has 0 saturated carbocycles. The molecule has 2 heterocycles. The van der Waals surface area contributed by atoms with Crippen LogP contribution in [0.15, 0.2) is 72.9 Å². The average Bonchev–Trinajstić information content (AvgIpc) is 3.05. The van der Waals surface area contributed by atoms with Crippen LogP contribution in [0.4, 0.5) is 0 Å². The molecule has 120 valence electrons. The summed E-state index contributed by atoms with van der Waals surface area (Å²) in [5.41, 5.74) is 4.23. The molecule has 0 spiro atoms. The molecule has 5 aromatic rings. The van der Waals surface area contributed by atoms with E-state index in [4.69, 9.17) is 4.74 Å². The van der Waals surface area contributed by atoms with Gasteiger partial charge in [-0.25, -0.2) is 0 Å². The Kier molecular flexibility index (Phi) is 3.01. The molecule has 3 aromatic carbocycles. The highest BCUT2D eigenvalue weighted by molar-refractivity contribution is 6.11. The smallest absolute Gasteiger partial charge is 0.119 e. The standard InChI is InChI=1S/C22H16N2O/c1-25-17-8-9-20-19(13-17)18-10-11-23-21(22(18)24-20)16-7-6-14-4-2-3-5-15(14)12-16/h2-13,24H,1H3. The highest BCUT2D eigenvalue weighted by Gasteiger charge is 2.12. The molecule has 0 bridgehead atoms. The van der Waals surface area contributed by atoms with E-state index in [1.54, 1.807) is 7.11 Å². The summed E-state index contributed by atoms with van der Waals surface area (Å²) in [6.07, 6.45) is 1.87. The zero-order valence-corrected chi connectivity index (χ0v) is 13.8. The quantitative estimate of drug-likeness (QED) is 0.462. The third-order valence-electron chi connectivity index (χ3n) is 4.75. The van der Waals surface area contributed by atoms with E-state index in [0.717, 1.165) is 38.8 Å². The first kappa shape index (κ1) is 14.1. The van der Waals surface area contributed by atoms with Crippen molar-refractivity contribution in [2.24, 2.45) is 0 Å². The molecule has 5 rings (SSSR count). The van der Waals surface area contributed by atoms with Crippen molar-refractivity contribution in [2.45, 2.75) is 0 Å². The van der Waals surface area contributed by atoms with Gasteiger partial charge in [0.2, 0.25) is 0 Å². The average molecular weight is 324 g/mol. The van der Waals surface area contributed by atoms with Crippen molar-refractivity contribution in [1.29, 1.82) is 0 Å². The molecule has 0 aliphatic rings. The van der Waals surface area contributed by atoms with Gasteiger partial charge in [-0.15, -0.1) is 0 Å². The summed E-state index contributed by atoms with van der Waals surface area (Å²) >= 11 is 0. The maximum atomic E-state index is 5.37. The first-order valence-electron chi connectivity index (χ1n) is 8.27. The second-order valence-corrected chi connectivity index (χ2v) is 6.18. The monoisotopic (exact) mass is 324 g/mol. The number of hydrogen-bond acceptors (Lipinski definition) is 2. The van der Waals surface area contributed by atoms with Gasteiger partial charge in [-0.1, -0.05) is 36.4 Å². The van der Waals surface area contributed by atoms with Crippen LogP contribution >= 0.6 is 0 Å². The molecule has 2 aromatic heterocycles. The lowest BCUT2D eigenvalue weighted by Gasteiger charge is -2.05. The van der Waals surface area contributed by atoms with Gasteiger partial charge in [0.05, 0.1) is 18.3 Å². The summed E-state index contributed by atoms with van der Waals surface area (Å²) in [6.45, 7) is 0. The van der Waals surface area contributed by atoms with Crippen LogP contribution in [0, 0.1) is 0 Å². The van der Waals surface area contributed by atoms with Crippen LogP contribution in [-0.4, -0.2) is 17.1 Å². The third-order valence-corrected chi connectivity index (χ3v) is 4.75. The predicted octanol–water partition coefficient (Wildman–Crippen LogP) is 5.54. The molecule has 3 heteroatoms. The van der Waals surface area contributed by atoms with Gasteiger partial charge < -0.3 is 9.72 Å². The minimum absolute atomic E-state index is 0.859. The Bertz CT molecular complexity index is 1240. The lowest BCUT2D eigenvalue weighted by molar-refractivity contribution is 0.415. The van der Waals surface area contributed by atoms with E-state index < -0.39 is 0 Å². The van der Waals surface area contributed by atoms with E-state index in [1.807, 2.05) is 12.3 Å². The van der Waals surface area contributed by atoms with E-state index in [1.165, 1.54) is 10.8 Å². The number of ether oxygens (including phenoxy) is 1. The van der Waals surface area contributed by atoms with Crippen molar-refractivity contribution in [3.63, 3.8) is 0 Å². The number of H-pyrrole nitrogens is 1. The predicted molar refractivity (Wildman–Crippen MR) is 103 cm³/mol. The van der Waals surface area contributed by atoms with Gasteiger partial charge in [0.1, 0.15) is 5.75 Å². The number of benzene rings is 3. The normalized spacial score (nSPS) is 11.4. The molecule has 0 aliphatic carbocycles. The topological polar surface area (TPSA) is 37.9 Å². The number of aromatic nitrogens is 2. The van der Waals surface area contributed by atoms with Crippen molar-refractivity contribution in [1.82, 2.24) is 9.97 Å². The summed E-state index contributed by atoms with van der Waals surface area (Å²) in [6, 6.07) is 23.0. The molecule has 0 unspecified atom stereocenters. The van der Waals surface area contributed by atoms with E-state index in [-0.39, 0.29) is 0 Å². The molecule has 0 saturated heterocycles. The van der Waals surface area contributed by atoms with E-state index in [9.17, 15) is 0 Å². The van der Waals surface area contributed by atoms with Gasteiger partial charge >= 0.3 is 0 Å². The Morgan fingerprint density at radius 2 is 1.72 bits per heavy atom. The van der Waals surface area contributed by atoms with E-state index in [2.05, 4.69) is 70.6 Å². The minimum atomic E-state index is 0.859. The summed E-state index contributed by atoms with van der Waals surface area (Å²) in [7, 11) is 1.69. The number of pyridine rings is 1. The molecule has 3 nitrogen and oxygen atoms in total. The third kappa shape index (κ3) is 2.17. The Morgan fingerprint density at radius 1 is 0.840 bits per heavy atom. The van der Waals surface area contributed by atoms with Crippen molar-refractivity contribution >= 4 is 32.6 Å². The zero-order chi connectivity index (χ0) is 16.8. The molecule has 25 heavy (non-hydrogen) atoms. The van der Waals surface area contributed by atoms with Gasteiger partial charge in [-0.3, -0.25) is 4.98 Å². The Balaban J connectivity index is 1.80. The molecule has 0 fully saturated rings. The highest BCUT2D eigenvalue weighted by atomic mass is 16.5. The van der Waals surface area contributed by atoms with Crippen LogP contribution in [0.1, 0.15) is 0 Å². The highest BCUT2D eigenvalue weighted by Crippen LogP contribution is 2.34. The molecule has 0 aliphatic heterocycles. The fourth-order valence-electron chi connectivity index (χ4n) is 3.49. The molecule has 0 radical (unpaired) electrons. The Morgan fingerprint density at radius 3 is 2.60 bits per heavy atom. The van der Waals surface area contributed by atoms with Crippen molar-refractivity contribution in [3.8, 4) is 17.0 Å². The van der Waals surface area contributed by atoms with Crippen LogP contribution in [0.25, 0.3) is 43.8 Å². The van der Waals surface area contributed by atoms with E-state index in [0.29, 0.717) is 0 Å². The second-order valence-electron chi connectivity index (χ2n) is 6.18. The summed E-state index contributed by atoms with van der Waals surface area (Å²) in [5, 5.41) is 4.77. The lowest BCUT2D eigenvalue weighted by Crippen LogP contribution is -1.85. The maximum absolute atomic E-state index is 5.37. The summed E-state index contributed by atoms with van der Waals surface area (Å²) in [5.74, 6) is 0.859. The first-order valence-corrected chi connectivity index (χ1v) is 8.27. The molecule has 0 amide bonds. The van der Waals surface area contributed by atoms with Crippen LogP contribution in [0.5, 0.6) is 5.75 Å². The van der Waals surface area contributed by atoms with E-state index >= 15 is 0 Å². The zero-order valence-electron chi connectivity index (χ0n) is 13.8. The molecule has 1 N–H and O–H groups in total. The number of nitrogens with zero attached hydrogens (tertiary/aromatic N) is 1. The molecular weight excluding hydrogens is 308 g/mol. The SMILES string of the molecule is COc1ccc2[nH]c3c(-c4ccc5ccccc5c4)nccc3c2c1. The number of hydrogen-bond donors (Lipinski definition) is 1. The second kappa shape index (κ2) is 5.35. The first-order chi connectivity index (χ1) is 12.3. The van der Waals surface area contributed by atoms with Gasteiger partial charge in [-0.2, -0.15) is 0 Å². The lowest BCUT2D eigenvalue weighted by atomic mass is 10.0. The summed E-state index contributed by atoms with van der Waals surface area (Å²) in [4.78, 5) is 8.19. The largest absolute Gasteiger partial charge is 0.497 e. The minimum Gasteiger partial charge on any atom is -0.497 e. The van der Waals surface area contributed by atoms with Crippen molar-refractivity contribution in [3.05, 3.63) is 72.9 Å². The van der Waals surface area contributed by atoms with Crippen LogP contribution < -0.4 is 4.74 Å². The van der Waals surface area contributed by atoms with Gasteiger partial charge in [0.15, 0.2) is 0 Å². The number of aromatic amines is 1. The maximum Gasteiger partial charge on any atom is 0.119 e. The number of nitrogens with one attached hydrogen (secondary N) is 1. The number of methoxy groups -OCH3 is 1. The van der Waals surface area contributed by atoms with Crippen molar-refractivity contribution in [2.75, 3.05) is 7.11 Å². The fourth-order valence-corrected chi connectivity index (χ4v) is 3.49. The van der Waals surface area contributed by atoms with Gasteiger partial charge in [0, 0.05) is 28.0 Å². The van der Waals surface area contributed by atoms with Gasteiger partial charge in [-0.05, 0) is 41.1 Å². The summed E-state index contributed by atoms with van der Waals surface area (Å²) < 4.78 is 5.37. The fraction of sp³-hybridized carbons (Fsp3) is 0.0455. The van der Waals surface area contributed by atoms with Crippen LogP contribution in [-0.2, 0) is 0 Å². The Hall–Kier alpha value is -3.33. The molecular formula is C22H16N2O. The van der Waals surface area contributed by atoms with Crippen molar-refractivity contribution < 1.29 is 4.74 Å². The van der Waals surface area contributed by atoms with Gasteiger partial charge in [0.25, 0.3) is 0 Å². The van der Waals surface area contributed by atoms with Crippen LogP contribution in [0.2, 0.25) is 0 Å². The number of fused-ring (bicyclic) bond motifs is 4. The number of rotatable bonds is 2.